The molecule has 0 saturated heterocycles. The zero-order chi connectivity index (χ0) is 14.1. The molecule has 0 aliphatic carbocycles. The lowest BCUT2D eigenvalue weighted by Gasteiger charge is -2.25. The molecule has 0 saturated carbocycles. The average Bonchev–Trinajstić information content (AvgIpc) is 2.25. The first-order chi connectivity index (χ1) is 8.31. The predicted octanol–water partition coefficient (Wildman–Crippen LogP) is 4.86. The lowest BCUT2D eigenvalue weighted by Crippen LogP contribution is -2.19. The molecular weight excluding hydrogens is 247 g/mol. The first kappa shape index (κ1) is 18.1. The second-order valence-electron chi connectivity index (χ2n) is 5.93. The van der Waals surface area contributed by atoms with Crippen molar-refractivity contribution < 1.29 is 14.4 Å². The van der Waals surface area contributed by atoms with Crippen molar-refractivity contribution in [3.63, 3.8) is 0 Å². The molecule has 0 heterocycles. The second kappa shape index (κ2) is 9.12. The van der Waals surface area contributed by atoms with Gasteiger partial charge < -0.3 is 9.79 Å². The summed E-state index contributed by atoms with van der Waals surface area (Å²) in [5.74, 6) is 0. The van der Waals surface area contributed by atoms with E-state index in [4.69, 9.17) is 0 Å². The Morgan fingerprint density at radius 2 is 1.22 bits per heavy atom. The van der Waals surface area contributed by atoms with Crippen molar-refractivity contribution in [1.29, 1.82) is 0 Å². The molecule has 0 atom stereocenters. The van der Waals surface area contributed by atoms with E-state index in [9.17, 15) is 14.4 Å². The molecule has 0 fully saturated rings. The molecule has 2 N–H and O–H groups in total. The van der Waals surface area contributed by atoms with Crippen molar-refractivity contribution in [2.45, 2.75) is 90.1 Å². The summed E-state index contributed by atoms with van der Waals surface area (Å²) in [6.07, 6.45) is 11.7. The SMILES string of the molecule is CCCCCCCCCCCC(C)(C)P(=O)(O)O. The molecule has 110 valence electrons. The van der Waals surface area contributed by atoms with Crippen LogP contribution in [0.3, 0.4) is 0 Å². The largest absolute Gasteiger partial charge is 0.331 e. The number of hydrogen-bond donors (Lipinski definition) is 2. The molecule has 0 aromatic rings. The molecule has 18 heavy (non-hydrogen) atoms. The van der Waals surface area contributed by atoms with Crippen LogP contribution >= 0.6 is 7.60 Å². The van der Waals surface area contributed by atoms with Gasteiger partial charge in [0.25, 0.3) is 0 Å². The van der Waals surface area contributed by atoms with Crippen LogP contribution in [0.15, 0.2) is 0 Å². The van der Waals surface area contributed by atoms with Crippen LogP contribution < -0.4 is 0 Å². The molecular formula is C14H31O3P. The summed E-state index contributed by atoms with van der Waals surface area (Å²) < 4.78 is 11.2. The molecule has 0 bridgehead atoms. The normalized spacial score (nSPS) is 12.9. The summed E-state index contributed by atoms with van der Waals surface area (Å²) in [5, 5.41) is -0.853. The Bertz CT molecular complexity index is 245. The van der Waals surface area contributed by atoms with E-state index in [1.54, 1.807) is 13.8 Å². The third kappa shape index (κ3) is 8.29. The van der Waals surface area contributed by atoms with E-state index in [0.29, 0.717) is 6.42 Å². The highest BCUT2D eigenvalue weighted by Gasteiger charge is 2.36. The van der Waals surface area contributed by atoms with Gasteiger partial charge in [0.15, 0.2) is 0 Å². The van der Waals surface area contributed by atoms with Gasteiger partial charge in [0.05, 0.1) is 5.16 Å². The van der Waals surface area contributed by atoms with Crippen LogP contribution in [0.25, 0.3) is 0 Å². The van der Waals surface area contributed by atoms with E-state index in [1.807, 2.05) is 0 Å². The minimum absolute atomic E-state index is 0.618. The number of hydrogen-bond acceptors (Lipinski definition) is 1. The Hall–Kier alpha value is 0.150. The van der Waals surface area contributed by atoms with Crippen molar-refractivity contribution in [1.82, 2.24) is 0 Å². The Morgan fingerprint density at radius 1 is 0.833 bits per heavy atom. The fourth-order valence-electron chi connectivity index (χ4n) is 2.01. The Morgan fingerprint density at radius 3 is 1.61 bits per heavy atom. The third-order valence-corrected chi connectivity index (χ3v) is 5.48. The molecule has 3 nitrogen and oxygen atoms in total. The Balaban J connectivity index is 3.44. The molecule has 0 unspecified atom stereocenters. The van der Waals surface area contributed by atoms with Gasteiger partial charge in [0, 0.05) is 0 Å². The van der Waals surface area contributed by atoms with Gasteiger partial charge in [-0.15, -0.1) is 0 Å². The maximum Gasteiger partial charge on any atom is 0.331 e. The Kier molecular flexibility index (Phi) is 9.19. The van der Waals surface area contributed by atoms with Crippen molar-refractivity contribution in [2.75, 3.05) is 0 Å². The molecule has 0 aliphatic heterocycles. The zero-order valence-corrected chi connectivity index (χ0v) is 13.2. The van der Waals surface area contributed by atoms with Gasteiger partial charge in [0.1, 0.15) is 0 Å². The van der Waals surface area contributed by atoms with E-state index in [0.717, 1.165) is 12.8 Å². The average molecular weight is 278 g/mol. The molecule has 4 heteroatoms. The van der Waals surface area contributed by atoms with Crippen LogP contribution in [-0.2, 0) is 4.57 Å². The maximum atomic E-state index is 11.2. The maximum absolute atomic E-state index is 11.2. The molecule has 0 spiro atoms. The van der Waals surface area contributed by atoms with Crippen LogP contribution in [0.4, 0.5) is 0 Å². The lowest BCUT2D eigenvalue weighted by atomic mass is 10.0. The van der Waals surface area contributed by atoms with Crippen LogP contribution in [0, 0.1) is 0 Å². The van der Waals surface area contributed by atoms with Gasteiger partial charge in [-0.3, -0.25) is 4.57 Å². The summed E-state index contributed by atoms with van der Waals surface area (Å²) in [6, 6.07) is 0. The lowest BCUT2D eigenvalue weighted by molar-refractivity contribution is 0.326. The topological polar surface area (TPSA) is 57.5 Å². The van der Waals surface area contributed by atoms with Gasteiger partial charge >= 0.3 is 7.60 Å². The third-order valence-electron chi connectivity index (χ3n) is 3.68. The monoisotopic (exact) mass is 278 g/mol. The summed E-state index contributed by atoms with van der Waals surface area (Å²) in [6.45, 7) is 5.56. The molecule has 0 amide bonds. The standard InChI is InChI=1S/C14H31O3P/c1-4-5-6-7-8-9-10-11-12-13-14(2,3)18(15,16)17/h4-13H2,1-3H3,(H2,15,16,17). The Labute approximate surface area is 113 Å². The molecule has 0 rings (SSSR count). The first-order valence-electron chi connectivity index (χ1n) is 7.37. The summed E-state index contributed by atoms with van der Waals surface area (Å²) in [7, 11) is -3.94. The van der Waals surface area contributed by atoms with Crippen molar-refractivity contribution in [3.05, 3.63) is 0 Å². The highest BCUT2D eigenvalue weighted by molar-refractivity contribution is 7.53. The first-order valence-corrected chi connectivity index (χ1v) is 8.98. The smallest absolute Gasteiger partial charge is 0.324 e. The summed E-state index contributed by atoms with van der Waals surface area (Å²) in [4.78, 5) is 18.4. The van der Waals surface area contributed by atoms with Gasteiger partial charge in [-0.1, -0.05) is 64.7 Å². The minimum Gasteiger partial charge on any atom is -0.324 e. The molecule has 0 radical (unpaired) electrons. The van der Waals surface area contributed by atoms with E-state index >= 15 is 0 Å². The van der Waals surface area contributed by atoms with Gasteiger partial charge in [-0.2, -0.15) is 0 Å². The van der Waals surface area contributed by atoms with E-state index < -0.39 is 12.8 Å². The van der Waals surface area contributed by atoms with Crippen molar-refractivity contribution in [2.24, 2.45) is 0 Å². The molecule has 0 aromatic carbocycles. The van der Waals surface area contributed by atoms with Crippen LogP contribution in [0.1, 0.15) is 85.0 Å². The molecule has 0 aromatic heterocycles. The van der Waals surface area contributed by atoms with Crippen molar-refractivity contribution >= 4 is 7.60 Å². The number of rotatable bonds is 11. The van der Waals surface area contributed by atoms with Crippen LogP contribution in [0.5, 0.6) is 0 Å². The van der Waals surface area contributed by atoms with E-state index in [1.165, 1.54) is 44.9 Å². The predicted molar refractivity (Wildman–Crippen MR) is 78.0 cm³/mol. The molecule has 0 aliphatic rings. The van der Waals surface area contributed by atoms with Gasteiger partial charge in [-0.05, 0) is 20.3 Å². The second-order valence-corrected chi connectivity index (χ2v) is 8.23. The quantitative estimate of drug-likeness (QED) is 0.419. The minimum atomic E-state index is -3.94. The highest BCUT2D eigenvalue weighted by Crippen LogP contribution is 2.52. The van der Waals surface area contributed by atoms with E-state index in [-0.39, 0.29) is 0 Å². The fraction of sp³-hybridized carbons (Fsp3) is 1.00. The van der Waals surface area contributed by atoms with Crippen LogP contribution in [-0.4, -0.2) is 14.9 Å². The van der Waals surface area contributed by atoms with Gasteiger partial charge in [-0.25, -0.2) is 0 Å². The number of unbranched alkanes of at least 4 members (excludes halogenated alkanes) is 8. The zero-order valence-electron chi connectivity index (χ0n) is 12.3. The van der Waals surface area contributed by atoms with Crippen LogP contribution in [0.2, 0.25) is 0 Å². The van der Waals surface area contributed by atoms with Gasteiger partial charge in [0.2, 0.25) is 0 Å². The van der Waals surface area contributed by atoms with Crippen molar-refractivity contribution in [3.8, 4) is 0 Å². The fourth-order valence-corrected chi connectivity index (χ4v) is 2.46. The summed E-state index contributed by atoms with van der Waals surface area (Å²) in [5.41, 5.74) is 0. The van der Waals surface area contributed by atoms with E-state index in [2.05, 4.69) is 6.92 Å². The summed E-state index contributed by atoms with van der Waals surface area (Å²) >= 11 is 0. The highest BCUT2D eigenvalue weighted by atomic mass is 31.2.